The van der Waals surface area contributed by atoms with E-state index in [2.05, 4.69) is 4.72 Å². The molecule has 0 spiro atoms. The van der Waals surface area contributed by atoms with Gasteiger partial charge in [-0.1, -0.05) is 0 Å². The molecule has 1 aliphatic rings. The second kappa shape index (κ2) is 4.13. The van der Waals surface area contributed by atoms with Crippen molar-refractivity contribution < 1.29 is 27.8 Å². The lowest BCUT2D eigenvalue weighted by Gasteiger charge is -2.06. The maximum atomic E-state index is 11.3. The molecule has 92 valence electrons. The van der Waals surface area contributed by atoms with Crippen molar-refractivity contribution in [3.05, 3.63) is 18.2 Å². The SMILES string of the molecule is O=C(O)CS(=O)(=O)Nc1ccc2c(c1)OCO2. The van der Waals surface area contributed by atoms with Crippen molar-refractivity contribution in [3.8, 4) is 11.5 Å². The van der Waals surface area contributed by atoms with Crippen molar-refractivity contribution in [1.29, 1.82) is 0 Å². The van der Waals surface area contributed by atoms with Gasteiger partial charge >= 0.3 is 5.97 Å². The first-order chi connectivity index (χ1) is 7.96. The number of carboxylic acid groups (broad SMARTS) is 1. The highest BCUT2D eigenvalue weighted by molar-refractivity contribution is 7.93. The van der Waals surface area contributed by atoms with Crippen LogP contribution in [0.3, 0.4) is 0 Å². The summed E-state index contributed by atoms with van der Waals surface area (Å²) in [5.74, 6) is -1.47. The molecule has 0 saturated heterocycles. The number of hydrogen-bond acceptors (Lipinski definition) is 5. The van der Waals surface area contributed by atoms with Gasteiger partial charge in [-0.2, -0.15) is 0 Å². The zero-order valence-electron chi connectivity index (χ0n) is 8.54. The van der Waals surface area contributed by atoms with Crippen LogP contribution in [-0.4, -0.2) is 32.0 Å². The van der Waals surface area contributed by atoms with Gasteiger partial charge in [-0.3, -0.25) is 9.52 Å². The molecule has 0 unspecified atom stereocenters. The van der Waals surface area contributed by atoms with E-state index in [0.29, 0.717) is 11.5 Å². The first kappa shape index (κ1) is 11.5. The highest BCUT2D eigenvalue weighted by Crippen LogP contribution is 2.34. The number of rotatable bonds is 4. The fraction of sp³-hybridized carbons (Fsp3) is 0.222. The molecule has 17 heavy (non-hydrogen) atoms. The number of aliphatic carboxylic acids is 1. The molecule has 1 heterocycles. The summed E-state index contributed by atoms with van der Waals surface area (Å²) in [4.78, 5) is 10.3. The first-order valence-corrected chi connectivity index (χ1v) is 6.23. The van der Waals surface area contributed by atoms with Crippen LogP contribution in [0.2, 0.25) is 0 Å². The van der Waals surface area contributed by atoms with E-state index in [1.165, 1.54) is 12.1 Å². The predicted molar refractivity (Wildman–Crippen MR) is 57.6 cm³/mol. The third kappa shape index (κ3) is 2.78. The molecule has 1 aromatic rings. The molecule has 0 bridgehead atoms. The fourth-order valence-electron chi connectivity index (χ4n) is 1.34. The summed E-state index contributed by atoms with van der Waals surface area (Å²) in [6.45, 7) is 0.0840. The summed E-state index contributed by atoms with van der Waals surface area (Å²) in [5.41, 5.74) is 0.232. The van der Waals surface area contributed by atoms with E-state index in [9.17, 15) is 13.2 Å². The number of ether oxygens (including phenoxy) is 2. The van der Waals surface area contributed by atoms with Crippen molar-refractivity contribution in [2.75, 3.05) is 17.3 Å². The van der Waals surface area contributed by atoms with Crippen LogP contribution in [0.5, 0.6) is 11.5 Å². The van der Waals surface area contributed by atoms with Crippen LogP contribution in [0, 0.1) is 0 Å². The summed E-state index contributed by atoms with van der Waals surface area (Å²) in [6, 6.07) is 4.44. The number of benzene rings is 1. The van der Waals surface area contributed by atoms with Crippen LogP contribution in [0.25, 0.3) is 0 Å². The lowest BCUT2D eigenvalue weighted by molar-refractivity contribution is -0.134. The second-order valence-corrected chi connectivity index (χ2v) is 5.05. The summed E-state index contributed by atoms with van der Waals surface area (Å²) in [5, 5.41) is 8.42. The smallest absolute Gasteiger partial charge is 0.320 e. The molecule has 7 nitrogen and oxygen atoms in total. The molecule has 0 amide bonds. The number of carbonyl (C=O) groups is 1. The Morgan fingerprint density at radius 1 is 1.35 bits per heavy atom. The van der Waals surface area contributed by atoms with E-state index in [1.807, 2.05) is 0 Å². The van der Waals surface area contributed by atoms with Gasteiger partial charge in [0.15, 0.2) is 17.3 Å². The van der Waals surface area contributed by atoms with Gasteiger partial charge in [0.2, 0.25) is 16.8 Å². The molecular weight excluding hydrogens is 250 g/mol. The van der Waals surface area contributed by atoms with Gasteiger partial charge in [0.05, 0.1) is 5.69 Å². The lowest BCUT2D eigenvalue weighted by atomic mass is 10.3. The first-order valence-electron chi connectivity index (χ1n) is 4.58. The second-order valence-electron chi connectivity index (χ2n) is 3.32. The van der Waals surface area contributed by atoms with E-state index in [4.69, 9.17) is 14.6 Å². The molecular formula is C9H9NO6S. The van der Waals surface area contributed by atoms with E-state index in [1.54, 1.807) is 6.07 Å². The van der Waals surface area contributed by atoms with Crippen LogP contribution < -0.4 is 14.2 Å². The van der Waals surface area contributed by atoms with Crippen molar-refractivity contribution in [2.24, 2.45) is 0 Å². The quantitative estimate of drug-likeness (QED) is 0.803. The van der Waals surface area contributed by atoms with Crippen molar-refractivity contribution in [1.82, 2.24) is 0 Å². The zero-order chi connectivity index (χ0) is 12.5. The zero-order valence-corrected chi connectivity index (χ0v) is 9.36. The molecule has 0 fully saturated rings. The summed E-state index contributed by atoms with van der Waals surface area (Å²) < 4.78 is 34.9. The van der Waals surface area contributed by atoms with Crippen LogP contribution in [0.15, 0.2) is 18.2 Å². The Hall–Kier alpha value is -1.96. The van der Waals surface area contributed by atoms with Gasteiger partial charge in [0.1, 0.15) is 0 Å². The van der Waals surface area contributed by atoms with E-state index >= 15 is 0 Å². The summed E-state index contributed by atoms with van der Waals surface area (Å²) in [6.07, 6.45) is 0. The Balaban J connectivity index is 2.17. The highest BCUT2D eigenvalue weighted by atomic mass is 32.2. The highest BCUT2D eigenvalue weighted by Gasteiger charge is 2.18. The van der Waals surface area contributed by atoms with E-state index < -0.39 is 21.7 Å². The van der Waals surface area contributed by atoms with Gasteiger partial charge in [0, 0.05) is 6.07 Å². The molecule has 0 aliphatic carbocycles. The van der Waals surface area contributed by atoms with Crippen LogP contribution in [-0.2, 0) is 14.8 Å². The summed E-state index contributed by atoms with van der Waals surface area (Å²) in [7, 11) is -3.90. The Labute approximate surface area is 97.0 Å². The Morgan fingerprint density at radius 2 is 2.06 bits per heavy atom. The maximum Gasteiger partial charge on any atom is 0.320 e. The van der Waals surface area contributed by atoms with Crippen LogP contribution in [0.4, 0.5) is 5.69 Å². The molecule has 1 aromatic carbocycles. The van der Waals surface area contributed by atoms with Gasteiger partial charge in [-0.25, -0.2) is 8.42 Å². The van der Waals surface area contributed by atoms with Crippen molar-refractivity contribution in [2.45, 2.75) is 0 Å². The Morgan fingerprint density at radius 3 is 2.76 bits per heavy atom. The number of hydrogen-bond donors (Lipinski definition) is 2. The van der Waals surface area contributed by atoms with Gasteiger partial charge in [-0.15, -0.1) is 0 Å². The van der Waals surface area contributed by atoms with Gasteiger partial charge in [0.25, 0.3) is 0 Å². The minimum atomic E-state index is -3.90. The molecule has 2 N–H and O–H groups in total. The molecule has 0 saturated carbocycles. The van der Waals surface area contributed by atoms with Crippen molar-refractivity contribution in [3.63, 3.8) is 0 Å². The number of nitrogens with one attached hydrogen (secondary N) is 1. The number of fused-ring (bicyclic) bond motifs is 1. The van der Waals surface area contributed by atoms with E-state index in [0.717, 1.165) is 0 Å². The molecule has 0 radical (unpaired) electrons. The fourth-order valence-corrected chi connectivity index (χ4v) is 2.22. The molecule has 0 atom stereocenters. The monoisotopic (exact) mass is 259 g/mol. The lowest BCUT2D eigenvalue weighted by Crippen LogP contribution is -2.22. The number of carboxylic acids is 1. The summed E-state index contributed by atoms with van der Waals surface area (Å²) >= 11 is 0. The van der Waals surface area contributed by atoms with E-state index in [-0.39, 0.29) is 12.5 Å². The predicted octanol–water partition coefficient (Wildman–Crippen LogP) is 0.242. The Bertz CT molecular complexity index is 553. The van der Waals surface area contributed by atoms with Crippen molar-refractivity contribution >= 4 is 21.7 Å². The van der Waals surface area contributed by atoms with Crippen LogP contribution >= 0.6 is 0 Å². The molecule has 1 aliphatic heterocycles. The normalized spacial score (nSPS) is 13.4. The molecule has 8 heteroatoms. The minimum absolute atomic E-state index is 0.0840. The Kier molecular flexibility index (Phi) is 2.80. The number of anilines is 1. The standard InChI is InChI=1S/C9H9NO6S/c11-9(12)4-17(13,14)10-6-1-2-7-8(3-6)16-5-15-7/h1-3,10H,4-5H2,(H,11,12). The molecule has 0 aromatic heterocycles. The van der Waals surface area contributed by atoms with Gasteiger partial charge < -0.3 is 14.6 Å². The maximum absolute atomic E-state index is 11.3. The van der Waals surface area contributed by atoms with Crippen LogP contribution in [0.1, 0.15) is 0 Å². The third-order valence-corrected chi connectivity index (χ3v) is 3.13. The minimum Gasteiger partial charge on any atom is -0.480 e. The molecule has 2 rings (SSSR count). The topological polar surface area (TPSA) is 102 Å². The third-order valence-electron chi connectivity index (χ3n) is 1.96. The van der Waals surface area contributed by atoms with Gasteiger partial charge in [-0.05, 0) is 12.1 Å². The average molecular weight is 259 g/mol. The average Bonchev–Trinajstić information content (AvgIpc) is 2.61. The number of sulfonamides is 1. The largest absolute Gasteiger partial charge is 0.480 e.